The van der Waals surface area contributed by atoms with Gasteiger partial charge in [-0.1, -0.05) is 6.92 Å². The highest BCUT2D eigenvalue weighted by atomic mass is 16.5. The summed E-state index contributed by atoms with van der Waals surface area (Å²) in [6.07, 6.45) is 3.76. The molecule has 0 radical (unpaired) electrons. The molecule has 1 heterocycles. The van der Waals surface area contributed by atoms with Gasteiger partial charge in [-0.25, -0.2) is 0 Å². The number of rotatable bonds is 9. The number of piperidine rings is 1. The predicted molar refractivity (Wildman–Crippen MR) is 81.8 cm³/mol. The van der Waals surface area contributed by atoms with Crippen LogP contribution in [0.25, 0.3) is 0 Å². The molecular formula is C15H31N3O2. The highest BCUT2D eigenvalue weighted by Crippen LogP contribution is 2.19. The average molecular weight is 285 g/mol. The van der Waals surface area contributed by atoms with Crippen LogP contribution in [0.3, 0.4) is 0 Å². The molecule has 2 unspecified atom stereocenters. The van der Waals surface area contributed by atoms with Crippen molar-refractivity contribution in [2.24, 2.45) is 5.92 Å². The monoisotopic (exact) mass is 285 g/mol. The molecule has 0 aromatic carbocycles. The topological polar surface area (TPSA) is 53.6 Å². The molecule has 20 heavy (non-hydrogen) atoms. The summed E-state index contributed by atoms with van der Waals surface area (Å²) in [7, 11) is 1.64. The van der Waals surface area contributed by atoms with E-state index in [1.54, 1.807) is 7.11 Å². The Hall–Kier alpha value is -0.650. The van der Waals surface area contributed by atoms with Crippen molar-refractivity contribution in [2.75, 3.05) is 46.4 Å². The minimum Gasteiger partial charge on any atom is -0.383 e. The summed E-state index contributed by atoms with van der Waals surface area (Å²) in [5, 5.41) is 6.20. The molecule has 118 valence electrons. The van der Waals surface area contributed by atoms with Gasteiger partial charge in [0.15, 0.2) is 0 Å². The lowest BCUT2D eigenvalue weighted by Crippen LogP contribution is -2.47. The van der Waals surface area contributed by atoms with Crippen LogP contribution in [0.5, 0.6) is 0 Å². The predicted octanol–water partition coefficient (Wildman–Crippen LogP) is 0.849. The number of likely N-dealkylation sites (tertiary alicyclic amines) is 1. The molecule has 5 nitrogen and oxygen atoms in total. The third-order valence-corrected chi connectivity index (χ3v) is 4.00. The molecule has 0 spiro atoms. The first kappa shape index (κ1) is 17.4. The second-order valence-electron chi connectivity index (χ2n) is 5.72. The molecule has 1 aliphatic rings. The van der Waals surface area contributed by atoms with E-state index < -0.39 is 0 Å². The summed E-state index contributed by atoms with van der Waals surface area (Å²) in [4.78, 5) is 14.2. The van der Waals surface area contributed by atoms with Gasteiger partial charge in [-0.3, -0.25) is 4.79 Å². The standard InChI is InChI=1S/C15H31N3O2/c1-4-8-18-9-5-6-14(12-18)13(2)17-11-15(19)16-7-10-20-3/h13-14,17H,4-12H2,1-3H3,(H,16,19). The van der Waals surface area contributed by atoms with Crippen LogP contribution in [0.1, 0.15) is 33.1 Å². The second kappa shape index (κ2) is 10.1. The number of methoxy groups -OCH3 is 1. The molecule has 0 aromatic rings. The number of hydrogen-bond donors (Lipinski definition) is 2. The minimum absolute atomic E-state index is 0.0510. The van der Waals surface area contributed by atoms with Gasteiger partial charge >= 0.3 is 0 Å². The summed E-state index contributed by atoms with van der Waals surface area (Å²) in [5.41, 5.74) is 0. The summed E-state index contributed by atoms with van der Waals surface area (Å²) in [6, 6.07) is 0.392. The van der Waals surface area contributed by atoms with E-state index in [2.05, 4.69) is 29.4 Å². The Morgan fingerprint density at radius 3 is 3.00 bits per heavy atom. The lowest BCUT2D eigenvalue weighted by molar-refractivity contribution is -0.120. The Labute approximate surface area is 123 Å². The maximum atomic E-state index is 11.6. The SMILES string of the molecule is CCCN1CCCC(C(C)NCC(=O)NCCOC)C1. The van der Waals surface area contributed by atoms with Gasteiger partial charge in [0, 0.05) is 26.2 Å². The van der Waals surface area contributed by atoms with E-state index in [9.17, 15) is 4.79 Å². The highest BCUT2D eigenvalue weighted by Gasteiger charge is 2.24. The first-order valence-electron chi connectivity index (χ1n) is 7.88. The zero-order valence-corrected chi connectivity index (χ0v) is 13.3. The van der Waals surface area contributed by atoms with E-state index in [1.165, 1.54) is 32.4 Å². The fourth-order valence-electron chi connectivity index (χ4n) is 2.79. The van der Waals surface area contributed by atoms with Gasteiger partial charge in [0.2, 0.25) is 5.91 Å². The highest BCUT2D eigenvalue weighted by molar-refractivity contribution is 5.77. The van der Waals surface area contributed by atoms with E-state index in [0.29, 0.717) is 31.7 Å². The molecule has 5 heteroatoms. The zero-order valence-electron chi connectivity index (χ0n) is 13.3. The largest absolute Gasteiger partial charge is 0.383 e. The smallest absolute Gasteiger partial charge is 0.234 e. The quantitative estimate of drug-likeness (QED) is 0.617. The van der Waals surface area contributed by atoms with Gasteiger partial charge in [-0.2, -0.15) is 0 Å². The fraction of sp³-hybridized carbons (Fsp3) is 0.933. The number of nitrogens with zero attached hydrogens (tertiary/aromatic N) is 1. The lowest BCUT2D eigenvalue weighted by atomic mass is 9.91. The van der Waals surface area contributed by atoms with Crippen molar-refractivity contribution in [2.45, 2.75) is 39.2 Å². The molecule has 0 bridgehead atoms. The number of nitrogens with one attached hydrogen (secondary N) is 2. The molecule has 1 amide bonds. The molecule has 1 fully saturated rings. The molecule has 0 saturated carbocycles. The van der Waals surface area contributed by atoms with E-state index in [0.717, 1.165) is 6.54 Å². The number of hydrogen-bond acceptors (Lipinski definition) is 4. The summed E-state index contributed by atoms with van der Waals surface area (Å²) in [5.74, 6) is 0.706. The molecule has 1 rings (SSSR count). The van der Waals surface area contributed by atoms with E-state index in [1.807, 2.05) is 0 Å². The third-order valence-electron chi connectivity index (χ3n) is 4.00. The van der Waals surface area contributed by atoms with Gasteiger partial charge in [0.1, 0.15) is 0 Å². The molecule has 0 aliphatic carbocycles. The van der Waals surface area contributed by atoms with Gasteiger partial charge in [0.05, 0.1) is 13.2 Å². The molecule has 0 aromatic heterocycles. The van der Waals surface area contributed by atoms with Gasteiger partial charge < -0.3 is 20.3 Å². The van der Waals surface area contributed by atoms with Crippen molar-refractivity contribution < 1.29 is 9.53 Å². The van der Waals surface area contributed by atoms with Crippen LogP contribution in [0.4, 0.5) is 0 Å². The lowest BCUT2D eigenvalue weighted by Gasteiger charge is -2.36. The van der Waals surface area contributed by atoms with Gasteiger partial charge in [-0.05, 0) is 45.2 Å². The number of carbonyl (C=O) groups is 1. The van der Waals surface area contributed by atoms with Crippen LogP contribution < -0.4 is 10.6 Å². The van der Waals surface area contributed by atoms with E-state index in [4.69, 9.17) is 4.74 Å². The molecule has 1 saturated heterocycles. The van der Waals surface area contributed by atoms with Crippen molar-refractivity contribution in [3.05, 3.63) is 0 Å². The van der Waals surface area contributed by atoms with Gasteiger partial charge in [-0.15, -0.1) is 0 Å². The third kappa shape index (κ3) is 6.68. The van der Waals surface area contributed by atoms with E-state index in [-0.39, 0.29) is 5.91 Å². The summed E-state index contributed by atoms with van der Waals surface area (Å²) in [6.45, 7) is 9.56. The van der Waals surface area contributed by atoms with Crippen molar-refractivity contribution in [1.29, 1.82) is 0 Å². The normalized spacial score (nSPS) is 21.6. The Bertz CT molecular complexity index is 272. The average Bonchev–Trinajstić information content (AvgIpc) is 2.46. The van der Waals surface area contributed by atoms with Crippen molar-refractivity contribution >= 4 is 5.91 Å². The molecule has 1 aliphatic heterocycles. The van der Waals surface area contributed by atoms with Crippen LogP contribution in [0.2, 0.25) is 0 Å². The molecule has 2 N–H and O–H groups in total. The van der Waals surface area contributed by atoms with Crippen LogP contribution in [-0.4, -0.2) is 63.3 Å². The Morgan fingerprint density at radius 1 is 1.50 bits per heavy atom. The molecule has 2 atom stereocenters. The number of amides is 1. The van der Waals surface area contributed by atoms with Gasteiger partial charge in [0.25, 0.3) is 0 Å². The maximum Gasteiger partial charge on any atom is 0.234 e. The molecular weight excluding hydrogens is 254 g/mol. The van der Waals surface area contributed by atoms with Crippen molar-refractivity contribution in [3.8, 4) is 0 Å². The van der Waals surface area contributed by atoms with Crippen LogP contribution in [-0.2, 0) is 9.53 Å². The Kier molecular flexibility index (Phi) is 8.82. The number of carbonyl (C=O) groups excluding carboxylic acids is 1. The van der Waals surface area contributed by atoms with Crippen molar-refractivity contribution in [1.82, 2.24) is 15.5 Å². The first-order chi connectivity index (χ1) is 9.67. The van der Waals surface area contributed by atoms with Crippen LogP contribution in [0, 0.1) is 5.92 Å². The van der Waals surface area contributed by atoms with Crippen LogP contribution in [0.15, 0.2) is 0 Å². The van der Waals surface area contributed by atoms with Crippen molar-refractivity contribution in [3.63, 3.8) is 0 Å². The summed E-state index contributed by atoms with van der Waals surface area (Å²) < 4.78 is 4.91. The Morgan fingerprint density at radius 2 is 2.30 bits per heavy atom. The number of ether oxygens (including phenoxy) is 1. The first-order valence-corrected chi connectivity index (χ1v) is 7.88. The summed E-state index contributed by atoms with van der Waals surface area (Å²) >= 11 is 0. The van der Waals surface area contributed by atoms with E-state index >= 15 is 0 Å². The minimum atomic E-state index is 0.0510. The Balaban J connectivity index is 2.20. The maximum absolute atomic E-state index is 11.6. The van der Waals surface area contributed by atoms with Crippen LogP contribution >= 0.6 is 0 Å². The zero-order chi connectivity index (χ0) is 14.8. The second-order valence-corrected chi connectivity index (χ2v) is 5.72. The fourth-order valence-corrected chi connectivity index (χ4v) is 2.79.